The second-order valence-electron chi connectivity index (χ2n) is 4.77. The first-order chi connectivity index (χ1) is 9.02. The molecule has 0 saturated carbocycles. The minimum absolute atomic E-state index is 0.0356. The van der Waals surface area contributed by atoms with Gasteiger partial charge in [0.25, 0.3) is 0 Å². The molecule has 104 valence electrons. The van der Waals surface area contributed by atoms with Crippen molar-refractivity contribution in [2.45, 2.75) is 45.7 Å². The first-order valence-corrected chi connectivity index (χ1v) is 7.39. The number of aryl methyl sites for hydroxylation is 1. The lowest BCUT2D eigenvalue weighted by atomic mass is 10.2. The van der Waals surface area contributed by atoms with Crippen molar-refractivity contribution in [3.05, 3.63) is 16.1 Å². The predicted octanol–water partition coefficient (Wildman–Crippen LogP) is 1.50. The molecule has 2 unspecified atom stereocenters. The summed E-state index contributed by atoms with van der Waals surface area (Å²) >= 11 is 1.64. The Morgan fingerprint density at radius 1 is 1.58 bits per heavy atom. The molecule has 2 atom stereocenters. The monoisotopic (exact) mass is 281 g/mol. The SMILES string of the molecule is CCc1cnc(C(C)N2CCC(=O)NC(C)C2=O)s1. The highest BCUT2D eigenvalue weighted by atomic mass is 32.1. The van der Waals surface area contributed by atoms with Crippen LogP contribution in [0.15, 0.2) is 6.20 Å². The smallest absolute Gasteiger partial charge is 0.245 e. The van der Waals surface area contributed by atoms with Crippen LogP contribution in [0.1, 0.15) is 43.1 Å². The molecule has 5 nitrogen and oxygen atoms in total. The lowest BCUT2D eigenvalue weighted by molar-refractivity contribution is -0.134. The van der Waals surface area contributed by atoms with Crippen molar-refractivity contribution in [1.82, 2.24) is 15.2 Å². The fraction of sp³-hybridized carbons (Fsp3) is 0.615. The van der Waals surface area contributed by atoms with Crippen molar-refractivity contribution >= 4 is 23.2 Å². The van der Waals surface area contributed by atoms with Crippen molar-refractivity contribution in [3.63, 3.8) is 0 Å². The fourth-order valence-electron chi connectivity index (χ4n) is 2.15. The summed E-state index contributed by atoms with van der Waals surface area (Å²) in [6.45, 7) is 6.24. The minimum Gasteiger partial charge on any atom is -0.345 e. The van der Waals surface area contributed by atoms with Crippen LogP contribution in [0.2, 0.25) is 0 Å². The number of carbonyl (C=O) groups is 2. The van der Waals surface area contributed by atoms with E-state index in [1.807, 2.05) is 13.1 Å². The normalized spacial score (nSPS) is 22.1. The van der Waals surface area contributed by atoms with Gasteiger partial charge in [0.05, 0.1) is 6.04 Å². The van der Waals surface area contributed by atoms with Crippen LogP contribution < -0.4 is 5.32 Å². The maximum atomic E-state index is 12.3. The maximum absolute atomic E-state index is 12.3. The Kier molecular flexibility index (Phi) is 4.19. The van der Waals surface area contributed by atoms with E-state index >= 15 is 0 Å². The molecule has 2 amide bonds. The first kappa shape index (κ1) is 14.0. The topological polar surface area (TPSA) is 62.3 Å². The molecule has 1 fully saturated rings. The van der Waals surface area contributed by atoms with Gasteiger partial charge in [0.1, 0.15) is 11.0 Å². The first-order valence-electron chi connectivity index (χ1n) is 6.57. The quantitative estimate of drug-likeness (QED) is 0.913. The van der Waals surface area contributed by atoms with Gasteiger partial charge in [-0.15, -0.1) is 11.3 Å². The second kappa shape index (κ2) is 5.69. The number of hydrogen-bond donors (Lipinski definition) is 1. The van der Waals surface area contributed by atoms with E-state index in [0.717, 1.165) is 11.4 Å². The van der Waals surface area contributed by atoms with Crippen LogP contribution >= 0.6 is 11.3 Å². The van der Waals surface area contributed by atoms with E-state index in [1.54, 1.807) is 23.2 Å². The number of rotatable bonds is 3. The van der Waals surface area contributed by atoms with Crippen LogP contribution in [0.3, 0.4) is 0 Å². The third-order valence-corrected chi connectivity index (χ3v) is 4.67. The van der Waals surface area contributed by atoms with Crippen LogP contribution in [0.25, 0.3) is 0 Å². The number of nitrogens with one attached hydrogen (secondary N) is 1. The van der Waals surface area contributed by atoms with Gasteiger partial charge in [-0.1, -0.05) is 6.92 Å². The molecule has 1 aliphatic rings. The van der Waals surface area contributed by atoms with Crippen LogP contribution in [-0.2, 0) is 16.0 Å². The third kappa shape index (κ3) is 2.94. The minimum atomic E-state index is -0.456. The predicted molar refractivity (Wildman–Crippen MR) is 73.8 cm³/mol. The van der Waals surface area contributed by atoms with Gasteiger partial charge in [0.15, 0.2) is 0 Å². The van der Waals surface area contributed by atoms with Gasteiger partial charge >= 0.3 is 0 Å². The molecule has 2 rings (SSSR count). The van der Waals surface area contributed by atoms with E-state index in [2.05, 4.69) is 17.2 Å². The molecular formula is C13H19N3O2S. The summed E-state index contributed by atoms with van der Waals surface area (Å²) < 4.78 is 0. The molecule has 2 heterocycles. The van der Waals surface area contributed by atoms with Gasteiger partial charge in [-0.3, -0.25) is 9.59 Å². The number of aromatic nitrogens is 1. The van der Waals surface area contributed by atoms with Gasteiger partial charge in [0, 0.05) is 24.0 Å². The summed E-state index contributed by atoms with van der Waals surface area (Å²) in [7, 11) is 0. The van der Waals surface area contributed by atoms with E-state index in [1.165, 1.54) is 4.88 Å². The zero-order valence-corrected chi connectivity index (χ0v) is 12.3. The molecule has 19 heavy (non-hydrogen) atoms. The summed E-state index contributed by atoms with van der Waals surface area (Å²) in [5.74, 6) is -0.101. The molecule has 1 N–H and O–H groups in total. The van der Waals surface area contributed by atoms with Crippen LogP contribution in [-0.4, -0.2) is 34.3 Å². The molecule has 0 aliphatic carbocycles. The summed E-state index contributed by atoms with van der Waals surface area (Å²) in [6, 6.07) is -0.531. The number of thiazole rings is 1. The van der Waals surface area contributed by atoms with Crippen molar-refractivity contribution in [3.8, 4) is 0 Å². The number of nitrogens with zero attached hydrogens (tertiary/aromatic N) is 2. The summed E-state index contributed by atoms with van der Waals surface area (Å²) in [5.41, 5.74) is 0. The van der Waals surface area contributed by atoms with Crippen LogP contribution in [0.4, 0.5) is 0 Å². The fourth-order valence-corrected chi connectivity index (χ4v) is 3.07. The summed E-state index contributed by atoms with van der Waals surface area (Å²) in [5, 5.41) is 3.63. The van der Waals surface area contributed by atoms with Crippen molar-refractivity contribution in [1.29, 1.82) is 0 Å². The Labute approximate surface area is 117 Å². The van der Waals surface area contributed by atoms with E-state index in [4.69, 9.17) is 0 Å². The van der Waals surface area contributed by atoms with E-state index in [0.29, 0.717) is 13.0 Å². The van der Waals surface area contributed by atoms with Crippen molar-refractivity contribution < 1.29 is 9.59 Å². The average molecular weight is 281 g/mol. The zero-order chi connectivity index (χ0) is 14.0. The summed E-state index contributed by atoms with van der Waals surface area (Å²) in [4.78, 5) is 31.1. The van der Waals surface area contributed by atoms with E-state index < -0.39 is 6.04 Å². The molecular weight excluding hydrogens is 262 g/mol. The highest BCUT2D eigenvalue weighted by molar-refractivity contribution is 7.11. The molecule has 1 saturated heterocycles. The second-order valence-corrected chi connectivity index (χ2v) is 5.91. The number of amides is 2. The molecule has 1 aliphatic heterocycles. The number of carbonyl (C=O) groups excluding carboxylic acids is 2. The van der Waals surface area contributed by atoms with Gasteiger partial charge < -0.3 is 10.2 Å². The van der Waals surface area contributed by atoms with Crippen LogP contribution in [0.5, 0.6) is 0 Å². The summed E-state index contributed by atoms with van der Waals surface area (Å²) in [6.07, 6.45) is 3.17. The average Bonchev–Trinajstić information content (AvgIpc) is 2.82. The molecule has 0 radical (unpaired) electrons. The Morgan fingerprint density at radius 3 is 2.95 bits per heavy atom. The highest BCUT2D eigenvalue weighted by Crippen LogP contribution is 2.26. The van der Waals surface area contributed by atoms with Crippen LogP contribution in [0, 0.1) is 0 Å². The highest BCUT2D eigenvalue weighted by Gasteiger charge is 2.31. The van der Waals surface area contributed by atoms with Crippen molar-refractivity contribution in [2.75, 3.05) is 6.54 Å². The molecule has 0 aromatic carbocycles. The Hall–Kier alpha value is -1.43. The van der Waals surface area contributed by atoms with Gasteiger partial charge in [-0.05, 0) is 20.3 Å². The van der Waals surface area contributed by atoms with Gasteiger partial charge in [-0.2, -0.15) is 0 Å². The van der Waals surface area contributed by atoms with Crippen molar-refractivity contribution in [2.24, 2.45) is 0 Å². The molecule has 0 spiro atoms. The lowest BCUT2D eigenvalue weighted by Gasteiger charge is -2.27. The lowest BCUT2D eigenvalue weighted by Crippen LogP contribution is -2.43. The molecule has 6 heteroatoms. The van der Waals surface area contributed by atoms with E-state index in [9.17, 15) is 9.59 Å². The Bertz CT molecular complexity index is 486. The molecule has 1 aromatic heterocycles. The molecule has 0 bridgehead atoms. The molecule has 1 aromatic rings. The standard InChI is InChI=1S/C13H19N3O2S/c1-4-10-7-14-12(19-10)9(3)16-6-5-11(17)15-8(2)13(16)18/h7-9H,4-6H2,1-3H3,(H,15,17). The third-order valence-electron chi connectivity index (χ3n) is 3.36. The Balaban J connectivity index is 2.18. The largest absolute Gasteiger partial charge is 0.345 e. The zero-order valence-electron chi connectivity index (χ0n) is 11.5. The number of hydrogen-bond acceptors (Lipinski definition) is 4. The van der Waals surface area contributed by atoms with E-state index in [-0.39, 0.29) is 17.9 Å². The maximum Gasteiger partial charge on any atom is 0.245 e. The van der Waals surface area contributed by atoms with Gasteiger partial charge in [0.2, 0.25) is 11.8 Å². The van der Waals surface area contributed by atoms with Gasteiger partial charge in [-0.25, -0.2) is 4.98 Å². The Morgan fingerprint density at radius 2 is 2.32 bits per heavy atom.